The van der Waals surface area contributed by atoms with E-state index in [1.165, 1.54) is 13.3 Å². The number of carbonyl (C=O) groups is 1. The highest BCUT2D eigenvalue weighted by Crippen LogP contribution is 2.28. The number of carbonyl (C=O) groups excluding carboxylic acids is 1. The van der Waals surface area contributed by atoms with Crippen LogP contribution in [0.4, 0.5) is 23.1 Å². The highest BCUT2D eigenvalue weighted by Gasteiger charge is 2.27. The number of esters is 1. The first kappa shape index (κ1) is 21.5. The van der Waals surface area contributed by atoms with E-state index in [9.17, 15) is 4.79 Å². The van der Waals surface area contributed by atoms with E-state index in [1.54, 1.807) is 6.20 Å². The van der Waals surface area contributed by atoms with Crippen molar-refractivity contribution in [3.8, 4) is 0 Å². The molecule has 1 aliphatic heterocycles. The number of hydrogen-bond donors (Lipinski definition) is 1. The minimum Gasteiger partial charge on any atom is -0.464 e. The molecule has 3 aromatic rings. The molecular formula is C23H27N7O2. The van der Waals surface area contributed by atoms with E-state index in [1.807, 2.05) is 30.3 Å². The summed E-state index contributed by atoms with van der Waals surface area (Å²) >= 11 is 0. The second-order valence-corrected chi connectivity index (χ2v) is 7.85. The largest absolute Gasteiger partial charge is 0.464 e. The number of nitrogens with one attached hydrogen (secondary N) is 1. The van der Waals surface area contributed by atoms with Gasteiger partial charge in [-0.2, -0.15) is 0 Å². The van der Waals surface area contributed by atoms with Gasteiger partial charge < -0.3 is 19.9 Å². The maximum atomic E-state index is 11.6. The number of para-hydroxylation sites is 1. The number of nitrogens with zero attached hydrogens (tertiary/aromatic N) is 6. The summed E-state index contributed by atoms with van der Waals surface area (Å²) in [7, 11) is 1.33. The summed E-state index contributed by atoms with van der Waals surface area (Å²) in [6.07, 6.45) is 3.08. The number of ether oxygens (including phenoxy) is 1. The number of piperazine rings is 1. The van der Waals surface area contributed by atoms with Crippen molar-refractivity contribution in [2.75, 3.05) is 41.9 Å². The van der Waals surface area contributed by atoms with Gasteiger partial charge in [-0.25, -0.2) is 14.8 Å². The van der Waals surface area contributed by atoms with Crippen molar-refractivity contribution in [1.82, 2.24) is 20.2 Å². The zero-order chi connectivity index (χ0) is 22.7. The fourth-order valence-electron chi connectivity index (χ4n) is 3.84. The van der Waals surface area contributed by atoms with Crippen LogP contribution >= 0.6 is 0 Å². The van der Waals surface area contributed by atoms with Gasteiger partial charge in [-0.05, 0) is 32.9 Å². The van der Waals surface area contributed by atoms with Crippen LogP contribution in [0.1, 0.15) is 28.5 Å². The smallest absolute Gasteiger partial charge is 0.358 e. The maximum Gasteiger partial charge on any atom is 0.358 e. The molecule has 0 bridgehead atoms. The Morgan fingerprint density at radius 2 is 1.84 bits per heavy atom. The van der Waals surface area contributed by atoms with Crippen LogP contribution in [-0.2, 0) is 4.74 Å². The number of anilines is 4. The molecule has 9 nitrogen and oxygen atoms in total. The predicted octanol–water partition coefficient (Wildman–Crippen LogP) is 3.13. The Morgan fingerprint density at radius 1 is 1.06 bits per heavy atom. The first-order valence-corrected chi connectivity index (χ1v) is 10.6. The van der Waals surface area contributed by atoms with Crippen molar-refractivity contribution < 1.29 is 9.53 Å². The van der Waals surface area contributed by atoms with E-state index >= 15 is 0 Å². The van der Waals surface area contributed by atoms with Gasteiger partial charge in [0.15, 0.2) is 17.3 Å². The predicted molar refractivity (Wildman–Crippen MR) is 124 cm³/mol. The summed E-state index contributed by atoms with van der Waals surface area (Å²) in [6.45, 7) is 8.62. The molecule has 0 radical (unpaired) electrons. The fraction of sp³-hybridized carbons (Fsp3) is 0.348. The van der Waals surface area contributed by atoms with E-state index in [0.29, 0.717) is 0 Å². The van der Waals surface area contributed by atoms with E-state index in [-0.39, 0.29) is 11.7 Å². The quantitative estimate of drug-likeness (QED) is 0.609. The van der Waals surface area contributed by atoms with Crippen LogP contribution < -0.4 is 15.1 Å². The molecular weight excluding hydrogens is 406 g/mol. The van der Waals surface area contributed by atoms with Crippen LogP contribution in [0, 0.1) is 13.8 Å². The molecule has 1 aliphatic rings. The Morgan fingerprint density at radius 3 is 2.50 bits per heavy atom. The molecule has 1 atom stereocenters. The van der Waals surface area contributed by atoms with Crippen molar-refractivity contribution >= 4 is 29.1 Å². The third-order valence-corrected chi connectivity index (χ3v) is 5.79. The van der Waals surface area contributed by atoms with E-state index < -0.39 is 5.97 Å². The van der Waals surface area contributed by atoms with E-state index in [2.05, 4.69) is 60.8 Å². The van der Waals surface area contributed by atoms with Gasteiger partial charge in [-0.3, -0.25) is 0 Å². The lowest BCUT2D eigenvalue weighted by molar-refractivity contribution is 0.0593. The van der Waals surface area contributed by atoms with E-state index in [4.69, 9.17) is 0 Å². The number of benzene rings is 1. The number of rotatable bonds is 5. The van der Waals surface area contributed by atoms with Gasteiger partial charge in [-0.1, -0.05) is 18.2 Å². The van der Waals surface area contributed by atoms with Crippen LogP contribution in [0.5, 0.6) is 0 Å². The lowest BCUT2D eigenvalue weighted by Crippen LogP contribution is -2.53. The molecule has 1 N–H and O–H groups in total. The maximum absolute atomic E-state index is 11.6. The summed E-state index contributed by atoms with van der Waals surface area (Å²) in [5.41, 5.74) is 3.38. The van der Waals surface area contributed by atoms with Crippen molar-refractivity contribution in [3.05, 3.63) is 59.5 Å². The van der Waals surface area contributed by atoms with Crippen LogP contribution in [0.3, 0.4) is 0 Å². The topological polar surface area (TPSA) is 96.4 Å². The number of methoxy groups -OCH3 is 1. The molecule has 4 rings (SSSR count). The Labute approximate surface area is 187 Å². The van der Waals surface area contributed by atoms with Gasteiger partial charge in [0.05, 0.1) is 19.5 Å². The van der Waals surface area contributed by atoms with Gasteiger partial charge in [0, 0.05) is 42.5 Å². The molecule has 0 aliphatic carbocycles. The summed E-state index contributed by atoms with van der Waals surface area (Å²) in [5.74, 6) is 1.92. The molecule has 3 heterocycles. The molecule has 9 heteroatoms. The molecule has 1 aromatic carbocycles. The van der Waals surface area contributed by atoms with Crippen LogP contribution in [0.25, 0.3) is 0 Å². The summed E-state index contributed by atoms with van der Waals surface area (Å²) in [4.78, 5) is 24.6. The summed E-state index contributed by atoms with van der Waals surface area (Å²) < 4.78 is 4.69. The second-order valence-electron chi connectivity index (χ2n) is 7.85. The molecule has 0 saturated carbocycles. The SMILES string of the molecule is COC(=O)c1cnc(N2CCN(c3nnc(Nc4ccccc4)c(C)c3C)C[C@H]2C)cn1. The van der Waals surface area contributed by atoms with Gasteiger partial charge in [-0.15, -0.1) is 10.2 Å². The standard InChI is InChI=1S/C23H27N7O2/c1-15-14-29(10-11-30(15)20-13-24-19(12-25-20)23(31)32-4)22-17(3)16(2)21(27-28-22)26-18-8-6-5-7-9-18/h5-9,12-13,15H,10-11,14H2,1-4H3,(H,26,27)/t15-/m1/s1. The number of aromatic nitrogens is 4. The highest BCUT2D eigenvalue weighted by atomic mass is 16.5. The minimum absolute atomic E-state index is 0.186. The van der Waals surface area contributed by atoms with E-state index in [0.717, 1.165) is 53.9 Å². The molecule has 1 saturated heterocycles. The fourth-order valence-corrected chi connectivity index (χ4v) is 3.84. The molecule has 1 fully saturated rings. The zero-order valence-corrected chi connectivity index (χ0v) is 18.7. The average Bonchev–Trinajstić information content (AvgIpc) is 2.82. The molecule has 0 amide bonds. The molecule has 0 spiro atoms. The van der Waals surface area contributed by atoms with Crippen LogP contribution in [0.15, 0.2) is 42.7 Å². The lowest BCUT2D eigenvalue weighted by Gasteiger charge is -2.41. The van der Waals surface area contributed by atoms with Crippen LogP contribution in [0.2, 0.25) is 0 Å². The molecule has 166 valence electrons. The van der Waals surface area contributed by atoms with Gasteiger partial charge >= 0.3 is 5.97 Å². The van der Waals surface area contributed by atoms with Crippen molar-refractivity contribution in [2.24, 2.45) is 0 Å². The third-order valence-electron chi connectivity index (χ3n) is 5.79. The monoisotopic (exact) mass is 433 g/mol. The van der Waals surface area contributed by atoms with Crippen LogP contribution in [-0.4, -0.2) is 58.9 Å². The lowest BCUT2D eigenvalue weighted by atomic mass is 10.1. The highest BCUT2D eigenvalue weighted by molar-refractivity contribution is 5.86. The first-order chi connectivity index (χ1) is 15.5. The van der Waals surface area contributed by atoms with Gasteiger partial charge in [0.25, 0.3) is 0 Å². The average molecular weight is 434 g/mol. The van der Waals surface area contributed by atoms with Gasteiger partial charge in [0.1, 0.15) is 5.82 Å². The summed E-state index contributed by atoms with van der Waals surface area (Å²) in [5, 5.41) is 12.4. The molecule has 32 heavy (non-hydrogen) atoms. The zero-order valence-electron chi connectivity index (χ0n) is 18.7. The Balaban J connectivity index is 1.47. The van der Waals surface area contributed by atoms with Crippen molar-refractivity contribution in [1.29, 1.82) is 0 Å². The third kappa shape index (κ3) is 4.32. The minimum atomic E-state index is -0.489. The Hall–Kier alpha value is -3.75. The van der Waals surface area contributed by atoms with Crippen molar-refractivity contribution in [2.45, 2.75) is 26.8 Å². The first-order valence-electron chi connectivity index (χ1n) is 10.6. The molecule has 0 unspecified atom stereocenters. The Kier molecular flexibility index (Phi) is 6.16. The normalized spacial score (nSPS) is 16.1. The molecule has 2 aromatic heterocycles. The Bertz CT molecular complexity index is 1090. The second kappa shape index (κ2) is 9.17. The van der Waals surface area contributed by atoms with Crippen molar-refractivity contribution in [3.63, 3.8) is 0 Å². The van der Waals surface area contributed by atoms with Gasteiger partial charge in [0.2, 0.25) is 0 Å². The number of hydrogen-bond acceptors (Lipinski definition) is 9. The summed E-state index contributed by atoms with van der Waals surface area (Å²) in [6, 6.07) is 10.2.